The number of hydrogen-bond donors (Lipinski definition) is 0. The maximum Gasteiger partial charge on any atom is 0.196 e. The molecule has 1 fully saturated rings. The van der Waals surface area contributed by atoms with E-state index < -0.39 is 0 Å². The first-order valence-electron chi connectivity index (χ1n) is 5.39. The van der Waals surface area contributed by atoms with Gasteiger partial charge in [-0.05, 0) is 26.4 Å². The summed E-state index contributed by atoms with van der Waals surface area (Å²) in [5.74, 6) is 0.999. The van der Waals surface area contributed by atoms with Crippen molar-refractivity contribution in [3.63, 3.8) is 0 Å². The summed E-state index contributed by atoms with van der Waals surface area (Å²) < 4.78 is 5.28. The highest BCUT2D eigenvalue weighted by Gasteiger charge is 2.21. The number of oxazole rings is 1. The van der Waals surface area contributed by atoms with Gasteiger partial charge in [-0.15, -0.1) is 0 Å². The van der Waals surface area contributed by atoms with Crippen molar-refractivity contribution >= 4 is 6.29 Å². The lowest BCUT2D eigenvalue weighted by atomic mass is 10.0. The molecular formula is C11H16N2O2. The molecule has 82 valence electrons. The molecule has 1 saturated heterocycles. The van der Waals surface area contributed by atoms with E-state index >= 15 is 0 Å². The number of aromatic nitrogens is 1. The normalized spacial score (nSPS) is 22.9. The number of hydrogen-bond acceptors (Lipinski definition) is 4. The second kappa shape index (κ2) is 4.57. The van der Waals surface area contributed by atoms with E-state index in [2.05, 4.69) is 16.9 Å². The molecule has 1 aromatic rings. The highest BCUT2D eigenvalue weighted by Crippen LogP contribution is 2.18. The summed E-state index contributed by atoms with van der Waals surface area (Å²) >= 11 is 0. The summed E-state index contributed by atoms with van der Waals surface area (Å²) in [6, 6.07) is 0.511. The number of piperidine rings is 1. The highest BCUT2D eigenvalue weighted by atomic mass is 16.4. The molecule has 0 radical (unpaired) electrons. The molecule has 1 aliphatic rings. The molecular weight excluding hydrogens is 192 g/mol. The van der Waals surface area contributed by atoms with Gasteiger partial charge in [0, 0.05) is 12.5 Å². The van der Waals surface area contributed by atoms with Crippen LogP contribution in [0, 0.1) is 0 Å². The lowest BCUT2D eigenvalue weighted by Crippen LogP contribution is -2.37. The van der Waals surface area contributed by atoms with E-state index in [1.165, 1.54) is 25.5 Å². The Morgan fingerprint density at radius 2 is 2.53 bits per heavy atom. The van der Waals surface area contributed by atoms with Crippen LogP contribution < -0.4 is 0 Å². The monoisotopic (exact) mass is 208 g/mol. The quantitative estimate of drug-likeness (QED) is 0.706. The first-order chi connectivity index (χ1) is 7.29. The van der Waals surface area contributed by atoms with Gasteiger partial charge in [0.25, 0.3) is 0 Å². The lowest BCUT2D eigenvalue weighted by molar-refractivity contribution is 0.109. The van der Waals surface area contributed by atoms with Crippen LogP contribution in [0.2, 0.25) is 0 Å². The SMILES string of the molecule is CN1CCCCC1Cc1ncc(C=O)o1. The zero-order valence-electron chi connectivity index (χ0n) is 8.98. The molecule has 1 unspecified atom stereocenters. The Labute approximate surface area is 89.3 Å². The van der Waals surface area contributed by atoms with Crippen LogP contribution in [-0.4, -0.2) is 35.8 Å². The van der Waals surface area contributed by atoms with Crippen LogP contribution in [0.3, 0.4) is 0 Å². The average Bonchev–Trinajstić information content (AvgIpc) is 2.69. The maximum absolute atomic E-state index is 10.4. The Kier molecular flexibility index (Phi) is 3.16. The van der Waals surface area contributed by atoms with E-state index in [9.17, 15) is 4.79 Å². The van der Waals surface area contributed by atoms with E-state index in [0.717, 1.165) is 13.0 Å². The zero-order valence-corrected chi connectivity index (χ0v) is 8.98. The first-order valence-corrected chi connectivity index (χ1v) is 5.39. The smallest absolute Gasteiger partial charge is 0.196 e. The molecule has 0 N–H and O–H groups in total. The molecule has 0 amide bonds. The minimum Gasteiger partial charge on any atom is -0.438 e. The Morgan fingerprint density at radius 1 is 1.67 bits per heavy atom. The van der Waals surface area contributed by atoms with Crippen LogP contribution in [0.1, 0.15) is 35.7 Å². The number of likely N-dealkylation sites (tertiary alicyclic amines) is 1. The third-order valence-corrected chi connectivity index (χ3v) is 3.02. The van der Waals surface area contributed by atoms with E-state index in [0.29, 0.717) is 24.0 Å². The summed E-state index contributed by atoms with van der Waals surface area (Å²) in [5, 5.41) is 0. The first kappa shape index (κ1) is 10.4. The van der Waals surface area contributed by atoms with Crippen LogP contribution in [0.4, 0.5) is 0 Å². The zero-order chi connectivity index (χ0) is 10.7. The third-order valence-electron chi connectivity index (χ3n) is 3.02. The lowest BCUT2D eigenvalue weighted by Gasteiger charge is -2.31. The van der Waals surface area contributed by atoms with Crippen molar-refractivity contribution in [3.05, 3.63) is 17.8 Å². The van der Waals surface area contributed by atoms with Gasteiger partial charge in [0.05, 0.1) is 6.20 Å². The molecule has 15 heavy (non-hydrogen) atoms. The number of likely N-dealkylation sites (N-methyl/N-ethyl adjacent to an activating group) is 1. The predicted molar refractivity (Wildman–Crippen MR) is 55.9 cm³/mol. The fourth-order valence-electron chi connectivity index (χ4n) is 2.08. The van der Waals surface area contributed by atoms with Gasteiger partial charge in [-0.2, -0.15) is 0 Å². The maximum atomic E-state index is 10.4. The van der Waals surface area contributed by atoms with E-state index in [1.807, 2.05) is 0 Å². The highest BCUT2D eigenvalue weighted by molar-refractivity contribution is 5.69. The van der Waals surface area contributed by atoms with Crippen molar-refractivity contribution in [1.82, 2.24) is 9.88 Å². The van der Waals surface area contributed by atoms with Crippen LogP contribution in [-0.2, 0) is 6.42 Å². The Bertz CT molecular complexity index is 335. The molecule has 2 heterocycles. The summed E-state index contributed by atoms with van der Waals surface area (Å²) in [7, 11) is 2.13. The molecule has 4 heteroatoms. The fraction of sp³-hybridized carbons (Fsp3) is 0.636. The van der Waals surface area contributed by atoms with Gasteiger partial charge in [0.15, 0.2) is 17.9 Å². The van der Waals surface area contributed by atoms with Gasteiger partial charge in [0.1, 0.15) is 0 Å². The van der Waals surface area contributed by atoms with Gasteiger partial charge >= 0.3 is 0 Å². The summed E-state index contributed by atoms with van der Waals surface area (Å²) in [4.78, 5) is 16.9. The number of carbonyl (C=O) groups excluding carboxylic acids is 1. The Morgan fingerprint density at radius 3 is 3.20 bits per heavy atom. The molecule has 2 rings (SSSR count). The minimum absolute atomic E-state index is 0.323. The average molecular weight is 208 g/mol. The van der Waals surface area contributed by atoms with Crippen molar-refractivity contribution in [2.45, 2.75) is 31.7 Å². The van der Waals surface area contributed by atoms with Crippen molar-refractivity contribution in [2.24, 2.45) is 0 Å². The van der Waals surface area contributed by atoms with Crippen molar-refractivity contribution in [1.29, 1.82) is 0 Å². The third kappa shape index (κ3) is 2.45. The summed E-state index contributed by atoms with van der Waals surface area (Å²) in [5.41, 5.74) is 0. The van der Waals surface area contributed by atoms with Crippen molar-refractivity contribution in [3.8, 4) is 0 Å². The molecule has 0 aliphatic carbocycles. The topological polar surface area (TPSA) is 46.3 Å². The van der Waals surface area contributed by atoms with Gasteiger partial charge in [0.2, 0.25) is 0 Å². The predicted octanol–water partition coefficient (Wildman–Crippen LogP) is 1.51. The molecule has 4 nitrogen and oxygen atoms in total. The molecule has 0 bridgehead atoms. The number of carbonyl (C=O) groups is 1. The molecule has 0 spiro atoms. The van der Waals surface area contributed by atoms with Gasteiger partial charge in [-0.25, -0.2) is 4.98 Å². The number of rotatable bonds is 3. The second-order valence-corrected chi connectivity index (χ2v) is 4.11. The standard InChI is InChI=1S/C11H16N2O2/c1-13-5-3-2-4-9(13)6-11-12-7-10(8-14)15-11/h7-9H,2-6H2,1H3. The Balaban J connectivity index is 1.97. The second-order valence-electron chi connectivity index (χ2n) is 4.11. The van der Waals surface area contributed by atoms with Gasteiger partial charge < -0.3 is 9.32 Å². The number of nitrogens with zero attached hydrogens (tertiary/aromatic N) is 2. The van der Waals surface area contributed by atoms with Gasteiger partial charge in [-0.3, -0.25) is 4.79 Å². The number of aldehydes is 1. The van der Waals surface area contributed by atoms with Crippen LogP contribution >= 0.6 is 0 Å². The van der Waals surface area contributed by atoms with Crippen LogP contribution in [0.25, 0.3) is 0 Å². The summed E-state index contributed by atoms with van der Waals surface area (Å²) in [6.07, 6.45) is 6.74. The fourth-order valence-corrected chi connectivity index (χ4v) is 2.08. The molecule has 0 aromatic carbocycles. The van der Waals surface area contributed by atoms with Crippen LogP contribution in [0.5, 0.6) is 0 Å². The van der Waals surface area contributed by atoms with E-state index in [-0.39, 0.29) is 0 Å². The van der Waals surface area contributed by atoms with Crippen LogP contribution in [0.15, 0.2) is 10.6 Å². The molecule has 0 saturated carbocycles. The Hall–Kier alpha value is -1.16. The van der Waals surface area contributed by atoms with Crippen molar-refractivity contribution in [2.75, 3.05) is 13.6 Å². The van der Waals surface area contributed by atoms with E-state index in [1.54, 1.807) is 0 Å². The van der Waals surface area contributed by atoms with Crippen molar-refractivity contribution < 1.29 is 9.21 Å². The largest absolute Gasteiger partial charge is 0.438 e. The molecule has 1 aromatic heterocycles. The minimum atomic E-state index is 0.323. The van der Waals surface area contributed by atoms with E-state index in [4.69, 9.17) is 4.42 Å². The molecule has 1 aliphatic heterocycles. The molecule has 1 atom stereocenters. The summed E-state index contributed by atoms with van der Waals surface area (Å²) in [6.45, 7) is 1.14. The van der Waals surface area contributed by atoms with Gasteiger partial charge in [-0.1, -0.05) is 6.42 Å².